The van der Waals surface area contributed by atoms with Gasteiger partial charge in [-0.2, -0.15) is 0 Å². The van der Waals surface area contributed by atoms with Crippen molar-refractivity contribution in [3.05, 3.63) is 58.6 Å². The van der Waals surface area contributed by atoms with Crippen LogP contribution in [-0.4, -0.2) is 10.1 Å². The van der Waals surface area contributed by atoms with Crippen molar-refractivity contribution in [1.29, 1.82) is 0 Å². The predicted octanol–water partition coefficient (Wildman–Crippen LogP) is 7.22. The molecular formula is C26H33NO2S. The van der Waals surface area contributed by atoms with Gasteiger partial charge in [0.25, 0.3) is 0 Å². The number of ether oxygens (including phenoxy) is 1. The van der Waals surface area contributed by atoms with E-state index < -0.39 is 6.10 Å². The van der Waals surface area contributed by atoms with Crippen LogP contribution in [0.1, 0.15) is 81.0 Å². The van der Waals surface area contributed by atoms with E-state index in [1.807, 2.05) is 30.3 Å². The Bertz CT molecular complexity index is 939. The molecule has 0 saturated heterocycles. The Kier molecular flexibility index (Phi) is 6.74. The number of thiazole rings is 1. The fourth-order valence-corrected chi connectivity index (χ4v) is 5.79. The van der Waals surface area contributed by atoms with Crippen LogP contribution >= 0.6 is 11.3 Å². The van der Waals surface area contributed by atoms with Crippen molar-refractivity contribution in [2.75, 3.05) is 0 Å². The highest BCUT2D eigenvalue weighted by molar-refractivity contribution is 7.18. The van der Waals surface area contributed by atoms with Crippen LogP contribution in [0.5, 0.6) is 5.75 Å². The number of fused-ring (bicyclic) bond motifs is 2. The maximum Gasteiger partial charge on any atom is 0.140 e. The molecule has 1 unspecified atom stereocenters. The Hall–Kier alpha value is -1.91. The minimum absolute atomic E-state index is 0.0185. The van der Waals surface area contributed by atoms with Crippen molar-refractivity contribution in [3.63, 3.8) is 0 Å². The summed E-state index contributed by atoms with van der Waals surface area (Å²) in [6.07, 6.45) is 8.58. The number of aliphatic hydroxyl groups is 1. The fourth-order valence-electron chi connectivity index (χ4n) is 4.91. The number of aromatic nitrogens is 1. The molecule has 160 valence electrons. The summed E-state index contributed by atoms with van der Waals surface area (Å²) in [5.74, 6) is 0.908. The number of nitrogens with zero attached hydrogens (tertiary/aromatic N) is 1. The van der Waals surface area contributed by atoms with Gasteiger partial charge < -0.3 is 9.84 Å². The topological polar surface area (TPSA) is 42.4 Å². The molecule has 3 aromatic rings. The zero-order valence-corrected chi connectivity index (χ0v) is 19.0. The first-order valence-corrected chi connectivity index (χ1v) is 12.3. The molecule has 1 aliphatic carbocycles. The van der Waals surface area contributed by atoms with Crippen molar-refractivity contribution < 1.29 is 9.84 Å². The highest BCUT2D eigenvalue weighted by Crippen LogP contribution is 2.52. The minimum Gasteiger partial charge on any atom is -0.486 e. The van der Waals surface area contributed by atoms with Gasteiger partial charge in [0.1, 0.15) is 17.4 Å². The Morgan fingerprint density at radius 3 is 2.57 bits per heavy atom. The van der Waals surface area contributed by atoms with Gasteiger partial charge in [0.2, 0.25) is 0 Å². The molecule has 30 heavy (non-hydrogen) atoms. The molecule has 0 amide bonds. The average molecular weight is 424 g/mol. The molecule has 3 nitrogen and oxygen atoms in total. The summed E-state index contributed by atoms with van der Waals surface area (Å²) < 4.78 is 7.43. The summed E-state index contributed by atoms with van der Waals surface area (Å²) in [7, 11) is 0. The molecule has 1 heterocycles. The van der Waals surface area contributed by atoms with E-state index >= 15 is 0 Å². The van der Waals surface area contributed by atoms with E-state index in [-0.39, 0.29) is 5.41 Å². The Labute approximate surface area is 184 Å². The highest BCUT2D eigenvalue weighted by Gasteiger charge is 2.42. The van der Waals surface area contributed by atoms with E-state index in [0.29, 0.717) is 6.61 Å². The minimum atomic E-state index is -0.398. The van der Waals surface area contributed by atoms with Crippen LogP contribution in [0.25, 0.3) is 10.2 Å². The number of unbranched alkanes of at least 4 members (excludes halogenated alkanes) is 2. The lowest BCUT2D eigenvalue weighted by Crippen LogP contribution is -2.34. The van der Waals surface area contributed by atoms with Crippen molar-refractivity contribution in [1.82, 2.24) is 4.98 Å². The summed E-state index contributed by atoms with van der Waals surface area (Å²) in [6, 6.07) is 14.4. The lowest BCUT2D eigenvalue weighted by atomic mass is 9.64. The lowest BCUT2D eigenvalue weighted by Gasteiger charge is -2.43. The van der Waals surface area contributed by atoms with Gasteiger partial charge in [-0.25, -0.2) is 4.98 Å². The van der Waals surface area contributed by atoms with Crippen LogP contribution in [0.4, 0.5) is 0 Å². The molecule has 0 aliphatic heterocycles. The van der Waals surface area contributed by atoms with Gasteiger partial charge in [0.05, 0.1) is 16.3 Å². The number of aliphatic hydroxyl groups excluding tert-OH is 1. The molecule has 1 N–H and O–H groups in total. The van der Waals surface area contributed by atoms with Gasteiger partial charge in [-0.05, 0) is 55.0 Å². The van der Waals surface area contributed by atoms with E-state index in [1.165, 1.54) is 35.9 Å². The van der Waals surface area contributed by atoms with Gasteiger partial charge >= 0.3 is 0 Å². The lowest BCUT2D eigenvalue weighted by molar-refractivity contribution is -0.0103. The third-order valence-corrected chi connectivity index (χ3v) is 7.67. The number of benzene rings is 2. The standard InChI is InChI=1S/C26H33NO2S/c1-3-5-15-26(16-6-4-2)17-14-19-20(25(26)28)10-9-12-22(19)29-18-24-27-21-11-7-8-13-23(21)30-24/h7-13,25,28H,3-6,14-18H2,1-2H3. The van der Waals surface area contributed by atoms with Crippen LogP contribution in [0.15, 0.2) is 42.5 Å². The zero-order chi connectivity index (χ0) is 21.0. The van der Waals surface area contributed by atoms with Gasteiger partial charge in [0.15, 0.2) is 0 Å². The first kappa shape index (κ1) is 21.3. The molecule has 4 heteroatoms. The van der Waals surface area contributed by atoms with Crippen molar-refractivity contribution in [2.45, 2.75) is 77.9 Å². The second-order valence-electron chi connectivity index (χ2n) is 8.66. The SMILES string of the molecule is CCCCC1(CCCC)CCc2c(OCc3nc4ccccc4s3)cccc2C1O. The number of hydrogen-bond donors (Lipinski definition) is 1. The Morgan fingerprint density at radius 1 is 1.07 bits per heavy atom. The molecule has 1 atom stereocenters. The monoisotopic (exact) mass is 423 g/mol. The molecule has 1 aliphatic rings. The van der Waals surface area contributed by atoms with E-state index in [2.05, 4.69) is 31.0 Å². The van der Waals surface area contributed by atoms with Gasteiger partial charge in [-0.15, -0.1) is 11.3 Å². The van der Waals surface area contributed by atoms with E-state index in [0.717, 1.165) is 47.5 Å². The van der Waals surface area contributed by atoms with Crippen LogP contribution in [-0.2, 0) is 13.0 Å². The molecule has 4 rings (SSSR count). The van der Waals surface area contributed by atoms with E-state index in [1.54, 1.807) is 11.3 Å². The van der Waals surface area contributed by atoms with Crippen molar-refractivity contribution in [2.24, 2.45) is 5.41 Å². The van der Waals surface area contributed by atoms with Gasteiger partial charge in [-0.1, -0.05) is 63.8 Å². The predicted molar refractivity (Wildman–Crippen MR) is 125 cm³/mol. The van der Waals surface area contributed by atoms with Crippen LogP contribution in [0.2, 0.25) is 0 Å². The maximum atomic E-state index is 11.5. The molecule has 0 saturated carbocycles. The Balaban J connectivity index is 1.54. The summed E-state index contributed by atoms with van der Waals surface area (Å²) in [5, 5.41) is 12.5. The zero-order valence-electron chi connectivity index (χ0n) is 18.2. The summed E-state index contributed by atoms with van der Waals surface area (Å²) in [5.41, 5.74) is 3.32. The number of rotatable bonds is 9. The molecule has 1 aromatic heterocycles. The largest absolute Gasteiger partial charge is 0.486 e. The second kappa shape index (κ2) is 9.49. The second-order valence-corrected chi connectivity index (χ2v) is 9.78. The van der Waals surface area contributed by atoms with E-state index in [9.17, 15) is 5.11 Å². The van der Waals surface area contributed by atoms with Crippen molar-refractivity contribution in [3.8, 4) is 5.75 Å². The highest BCUT2D eigenvalue weighted by atomic mass is 32.1. The third-order valence-electron chi connectivity index (χ3n) is 6.66. The third kappa shape index (κ3) is 4.26. The molecule has 0 spiro atoms. The first-order valence-electron chi connectivity index (χ1n) is 11.4. The van der Waals surface area contributed by atoms with Crippen LogP contribution in [0, 0.1) is 5.41 Å². The normalized spacial score (nSPS) is 17.8. The average Bonchev–Trinajstić information content (AvgIpc) is 3.20. The van der Waals surface area contributed by atoms with Gasteiger partial charge in [0, 0.05) is 5.41 Å². The molecule has 0 radical (unpaired) electrons. The first-order chi connectivity index (χ1) is 14.7. The van der Waals surface area contributed by atoms with Crippen LogP contribution in [0.3, 0.4) is 0 Å². The molecular weight excluding hydrogens is 390 g/mol. The Morgan fingerprint density at radius 2 is 1.83 bits per heavy atom. The van der Waals surface area contributed by atoms with Crippen LogP contribution < -0.4 is 4.74 Å². The number of para-hydroxylation sites is 1. The summed E-state index contributed by atoms with van der Waals surface area (Å²) in [4.78, 5) is 4.69. The van der Waals surface area contributed by atoms with Crippen molar-refractivity contribution >= 4 is 21.6 Å². The smallest absolute Gasteiger partial charge is 0.140 e. The summed E-state index contributed by atoms with van der Waals surface area (Å²) in [6.45, 7) is 4.96. The van der Waals surface area contributed by atoms with Gasteiger partial charge in [-0.3, -0.25) is 0 Å². The van der Waals surface area contributed by atoms with E-state index in [4.69, 9.17) is 4.74 Å². The maximum absolute atomic E-state index is 11.5. The molecule has 2 aromatic carbocycles. The fraction of sp³-hybridized carbons (Fsp3) is 0.500. The molecule has 0 fully saturated rings. The quantitative estimate of drug-likeness (QED) is 0.395. The molecule has 0 bridgehead atoms. The number of hydrogen-bond acceptors (Lipinski definition) is 4. The summed E-state index contributed by atoms with van der Waals surface area (Å²) >= 11 is 1.69.